The van der Waals surface area contributed by atoms with Crippen molar-refractivity contribution < 1.29 is 18.7 Å². The topological polar surface area (TPSA) is 100 Å². The lowest BCUT2D eigenvalue weighted by Gasteiger charge is -2.47. The molecule has 3 fully saturated rings. The van der Waals surface area contributed by atoms with Crippen LogP contribution in [0.1, 0.15) is 25.7 Å². The number of aromatic amines is 1. The molecule has 0 spiro atoms. The Hall–Kier alpha value is -3.23. The third kappa shape index (κ3) is 2.96. The van der Waals surface area contributed by atoms with Crippen molar-refractivity contribution in [2.75, 3.05) is 5.32 Å². The maximum absolute atomic E-state index is 14.7. The maximum atomic E-state index is 14.7. The summed E-state index contributed by atoms with van der Waals surface area (Å²) in [6, 6.07) is 1.69. The Balaban J connectivity index is 1.56. The summed E-state index contributed by atoms with van der Waals surface area (Å²) in [5.41, 5.74) is 0.165. The van der Waals surface area contributed by atoms with Crippen molar-refractivity contribution in [3.63, 3.8) is 0 Å². The molecular formula is C21H20F2N4O3. The minimum atomic E-state index is -0.881. The highest BCUT2D eigenvalue weighted by atomic mass is 19.1. The normalized spacial score (nSPS) is 25.5. The molecule has 7 nitrogen and oxygen atoms in total. The predicted octanol–water partition coefficient (Wildman–Crippen LogP) is 3.29. The molecule has 0 aromatic carbocycles. The Bertz CT molecular complexity index is 1200. The number of pyridine rings is 2. The molecule has 3 aromatic rings. The molecule has 3 aliphatic carbocycles. The monoisotopic (exact) mass is 414 g/mol. The third-order valence-corrected chi connectivity index (χ3v) is 6.57. The largest absolute Gasteiger partial charge is 0.481 e. The van der Waals surface area contributed by atoms with E-state index in [1.807, 2.05) is 0 Å². The predicted molar refractivity (Wildman–Crippen MR) is 106 cm³/mol. The average Bonchev–Trinajstić information content (AvgIpc) is 3.13. The summed E-state index contributed by atoms with van der Waals surface area (Å²) < 4.78 is 29.6. The van der Waals surface area contributed by atoms with E-state index in [1.54, 1.807) is 0 Å². The Morgan fingerprint density at radius 3 is 2.67 bits per heavy atom. The summed E-state index contributed by atoms with van der Waals surface area (Å²) in [5.74, 6) is -2.56. The van der Waals surface area contributed by atoms with E-state index >= 15 is 0 Å². The summed E-state index contributed by atoms with van der Waals surface area (Å²) in [5, 5.41) is 13.2. The number of fused-ring (bicyclic) bond motifs is 4. The van der Waals surface area contributed by atoms with Crippen LogP contribution >= 0.6 is 0 Å². The Kier molecular flexibility index (Phi) is 4.34. The number of hydrogen-bond acceptors (Lipinski definition) is 4. The standard InChI is InChI=1S/C21H20F2N4O3/c22-12-5-13-16(8-25-20(13)24-7-12)27-9-15(14(23)6-17(27)28)26-19-11-3-1-10(2-4-11)18(19)21(29)30/h5-11,18-19,26H,1-4H2,(H,24,25)(H,29,30)/t10-,11+,18-,19?/m0/s1. The van der Waals surface area contributed by atoms with Crippen LogP contribution in [0.2, 0.25) is 0 Å². The van der Waals surface area contributed by atoms with Gasteiger partial charge in [-0.05, 0) is 43.6 Å². The fourth-order valence-electron chi connectivity index (χ4n) is 5.16. The number of nitrogens with zero attached hydrogens (tertiary/aromatic N) is 2. The Labute approximate surface area is 169 Å². The van der Waals surface area contributed by atoms with E-state index in [9.17, 15) is 23.5 Å². The van der Waals surface area contributed by atoms with E-state index in [-0.39, 0.29) is 17.5 Å². The minimum absolute atomic E-state index is 0.0529. The second-order valence-corrected chi connectivity index (χ2v) is 8.18. The average molecular weight is 414 g/mol. The van der Waals surface area contributed by atoms with Crippen LogP contribution in [0, 0.1) is 29.4 Å². The minimum Gasteiger partial charge on any atom is -0.481 e. The van der Waals surface area contributed by atoms with Gasteiger partial charge in [-0.3, -0.25) is 14.2 Å². The highest BCUT2D eigenvalue weighted by molar-refractivity contribution is 5.85. The molecule has 2 atom stereocenters. The number of rotatable bonds is 4. The van der Waals surface area contributed by atoms with Crippen LogP contribution in [-0.2, 0) is 4.79 Å². The molecule has 9 heteroatoms. The molecule has 1 unspecified atom stereocenters. The number of carbonyl (C=O) groups is 1. The van der Waals surface area contributed by atoms with Crippen LogP contribution in [0.5, 0.6) is 0 Å². The van der Waals surface area contributed by atoms with Gasteiger partial charge in [0.1, 0.15) is 11.5 Å². The molecule has 0 aliphatic heterocycles. The Morgan fingerprint density at radius 2 is 1.93 bits per heavy atom. The summed E-state index contributed by atoms with van der Waals surface area (Å²) in [6.45, 7) is 0. The van der Waals surface area contributed by atoms with Crippen molar-refractivity contribution in [3.05, 3.63) is 52.7 Å². The van der Waals surface area contributed by atoms with Crippen LogP contribution in [0.25, 0.3) is 16.7 Å². The first-order valence-electron chi connectivity index (χ1n) is 9.97. The summed E-state index contributed by atoms with van der Waals surface area (Å²) in [4.78, 5) is 31.2. The lowest BCUT2D eigenvalue weighted by atomic mass is 9.61. The van der Waals surface area contributed by atoms with Gasteiger partial charge in [-0.2, -0.15) is 0 Å². The molecule has 3 aliphatic rings. The van der Waals surface area contributed by atoms with Crippen LogP contribution in [0.15, 0.2) is 35.5 Å². The van der Waals surface area contributed by atoms with Crippen molar-refractivity contribution in [1.82, 2.24) is 14.5 Å². The van der Waals surface area contributed by atoms with Gasteiger partial charge >= 0.3 is 5.97 Å². The first-order valence-corrected chi connectivity index (χ1v) is 9.97. The van der Waals surface area contributed by atoms with Gasteiger partial charge in [0.2, 0.25) is 0 Å². The molecule has 3 N–H and O–H groups in total. The van der Waals surface area contributed by atoms with Gasteiger partial charge in [0, 0.05) is 29.9 Å². The first kappa shape index (κ1) is 18.8. The molecule has 6 rings (SSSR count). The zero-order chi connectivity index (χ0) is 21.0. The van der Waals surface area contributed by atoms with Gasteiger partial charge in [0.15, 0.2) is 5.82 Å². The molecular weight excluding hydrogens is 394 g/mol. The molecule has 0 saturated heterocycles. The smallest absolute Gasteiger partial charge is 0.308 e. The number of nitrogens with one attached hydrogen (secondary N) is 2. The second kappa shape index (κ2) is 6.93. The Morgan fingerprint density at radius 1 is 1.20 bits per heavy atom. The number of aliphatic carboxylic acids is 1. The molecule has 0 amide bonds. The highest BCUT2D eigenvalue weighted by Crippen LogP contribution is 2.46. The molecule has 0 radical (unpaired) electrons. The van der Waals surface area contributed by atoms with Gasteiger partial charge in [0.05, 0.1) is 23.5 Å². The van der Waals surface area contributed by atoms with E-state index in [1.165, 1.54) is 23.0 Å². The first-order chi connectivity index (χ1) is 14.4. The van der Waals surface area contributed by atoms with Crippen molar-refractivity contribution in [2.45, 2.75) is 31.7 Å². The molecule has 2 bridgehead atoms. The lowest BCUT2D eigenvalue weighted by Crippen LogP contribution is -2.51. The lowest BCUT2D eigenvalue weighted by molar-refractivity contribution is -0.148. The van der Waals surface area contributed by atoms with Gasteiger partial charge in [-0.1, -0.05) is 0 Å². The number of H-pyrrole nitrogens is 1. The van der Waals surface area contributed by atoms with Gasteiger partial charge in [-0.15, -0.1) is 0 Å². The highest BCUT2D eigenvalue weighted by Gasteiger charge is 2.47. The molecule has 156 valence electrons. The summed E-state index contributed by atoms with van der Waals surface area (Å²) >= 11 is 0. The van der Waals surface area contributed by atoms with Crippen molar-refractivity contribution in [2.24, 2.45) is 17.8 Å². The number of halogens is 2. The van der Waals surface area contributed by atoms with Crippen molar-refractivity contribution in [3.8, 4) is 5.69 Å². The van der Waals surface area contributed by atoms with Crippen LogP contribution in [-0.4, -0.2) is 31.7 Å². The van der Waals surface area contributed by atoms with Crippen molar-refractivity contribution >= 4 is 22.7 Å². The zero-order valence-corrected chi connectivity index (χ0v) is 15.9. The van der Waals surface area contributed by atoms with Crippen LogP contribution < -0.4 is 10.9 Å². The van der Waals surface area contributed by atoms with E-state index in [4.69, 9.17) is 0 Å². The van der Waals surface area contributed by atoms with E-state index in [0.29, 0.717) is 16.7 Å². The molecule has 3 heterocycles. The number of carboxylic acid groups (broad SMARTS) is 1. The third-order valence-electron chi connectivity index (χ3n) is 6.57. The van der Waals surface area contributed by atoms with E-state index in [0.717, 1.165) is 37.9 Å². The quantitative estimate of drug-likeness (QED) is 0.608. The number of aromatic nitrogens is 3. The SMILES string of the molecule is O=C(O)[C@@H]1C(Nc2cn(-c3c[nH]c4ncc(F)cc34)c(=O)cc2F)[C@H]2CC[C@@H]1CC2. The fourth-order valence-corrected chi connectivity index (χ4v) is 5.16. The van der Waals surface area contributed by atoms with E-state index < -0.39 is 35.1 Å². The molecule has 30 heavy (non-hydrogen) atoms. The number of hydrogen-bond donors (Lipinski definition) is 3. The molecule has 3 saturated carbocycles. The summed E-state index contributed by atoms with van der Waals surface area (Å²) in [6.07, 6.45) is 7.43. The molecule has 3 aromatic heterocycles. The summed E-state index contributed by atoms with van der Waals surface area (Å²) in [7, 11) is 0. The van der Waals surface area contributed by atoms with Gasteiger partial charge < -0.3 is 15.4 Å². The van der Waals surface area contributed by atoms with Gasteiger partial charge in [0.25, 0.3) is 5.56 Å². The van der Waals surface area contributed by atoms with Crippen LogP contribution in [0.4, 0.5) is 14.5 Å². The van der Waals surface area contributed by atoms with E-state index in [2.05, 4.69) is 15.3 Å². The second-order valence-electron chi connectivity index (χ2n) is 8.18. The van der Waals surface area contributed by atoms with Crippen molar-refractivity contribution in [1.29, 1.82) is 0 Å². The van der Waals surface area contributed by atoms with Crippen LogP contribution in [0.3, 0.4) is 0 Å². The number of carboxylic acids is 1. The maximum Gasteiger partial charge on any atom is 0.308 e. The van der Waals surface area contributed by atoms with Gasteiger partial charge in [-0.25, -0.2) is 13.8 Å². The zero-order valence-electron chi connectivity index (χ0n) is 15.9. The number of anilines is 1. The fraction of sp³-hybridized carbons (Fsp3) is 0.381.